The average Bonchev–Trinajstić information content (AvgIpc) is 2.86. The molecule has 0 aliphatic carbocycles. The van der Waals surface area contributed by atoms with Gasteiger partial charge in [0.25, 0.3) is 0 Å². The highest BCUT2D eigenvalue weighted by Crippen LogP contribution is 2.14. The molecule has 0 N–H and O–H groups in total. The number of hydrogen-bond donors (Lipinski definition) is 0. The van der Waals surface area contributed by atoms with Gasteiger partial charge in [0.15, 0.2) is 0 Å². The van der Waals surface area contributed by atoms with Gasteiger partial charge in [-0.3, -0.25) is 4.90 Å². The maximum absolute atomic E-state index is 2.73. The van der Waals surface area contributed by atoms with Crippen LogP contribution in [0.2, 0.25) is 0 Å². The molecule has 1 aromatic rings. The van der Waals surface area contributed by atoms with Crippen molar-refractivity contribution in [1.29, 1.82) is 0 Å². The van der Waals surface area contributed by atoms with Crippen LogP contribution in [0.15, 0.2) is 30.3 Å². The van der Waals surface area contributed by atoms with Crippen molar-refractivity contribution in [2.75, 3.05) is 13.1 Å². The van der Waals surface area contributed by atoms with Crippen LogP contribution in [-0.2, 0) is 6.54 Å². The van der Waals surface area contributed by atoms with E-state index in [9.17, 15) is 0 Å². The van der Waals surface area contributed by atoms with Crippen molar-refractivity contribution < 1.29 is 0 Å². The monoisotopic (exact) mass is 471 g/mol. The summed E-state index contributed by atoms with van der Waals surface area (Å²) in [6, 6.07) is 11.1. The summed E-state index contributed by atoms with van der Waals surface area (Å²) in [5.41, 5.74) is 1.48. The SMILES string of the molecule is CCCCCCCCCCCCCN(CCCCCCCCCCCCC)Cc1ccccc1. The van der Waals surface area contributed by atoms with Crippen molar-refractivity contribution in [2.24, 2.45) is 0 Å². The van der Waals surface area contributed by atoms with Gasteiger partial charge >= 0.3 is 0 Å². The lowest BCUT2D eigenvalue weighted by molar-refractivity contribution is 0.252. The van der Waals surface area contributed by atoms with E-state index in [1.165, 1.54) is 160 Å². The standard InChI is InChI=1S/C33H61N/c1-3-5-7-9-11-13-15-17-19-21-26-30-34(32-33-28-24-23-25-29-33)31-27-22-20-18-16-14-12-10-8-6-4-2/h23-25,28-29H,3-22,26-27,30-32H2,1-2H3. The normalized spacial score (nSPS) is 11.5. The number of hydrogen-bond acceptors (Lipinski definition) is 1. The molecule has 0 radical (unpaired) electrons. The van der Waals surface area contributed by atoms with Crippen LogP contribution in [0.4, 0.5) is 0 Å². The second-order valence-corrected chi connectivity index (χ2v) is 10.8. The summed E-state index contributed by atoms with van der Waals surface area (Å²) in [7, 11) is 0. The lowest BCUT2D eigenvalue weighted by Crippen LogP contribution is -2.25. The van der Waals surface area contributed by atoms with Crippen LogP contribution in [0.5, 0.6) is 0 Å². The van der Waals surface area contributed by atoms with E-state index in [0.717, 1.165) is 6.54 Å². The Morgan fingerprint density at radius 1 is 0.412 bits per heavy atom. The molecule has 1 nitrogen and oxygen atoms in total. The molecule has 1 heteroatoms. The maximum Gasteiger partial charge on any atom is 0.0233 e. The quantitative estimate of drug-likeness (QED) is 0.121. The highest BCUT2D eigenvalue weighted by Gasteiger charge is 2.06. The molecule has 0 aromatic heterocycles. The van der Waals surface area contributed by atoms with Crippen LogP contribution in [0, 0.1) is 0 Å². The van der Waals surface area contributed by atoms with Crippen molar-refractivity contribution in [3.63, 3.8) is 0 Å². The molecular formula is C33H61N. The number of unbranched alkanes of at least 4 members (excludes halogenated alkanes) is 20. The second-order valence-electron chi connectivity index (χ2n) is 10.8. The highest BCUT2D eigenvalue weighted by atomic mass is 15.1. The number of benzene rings is 1. The van der Waals surface area contributed by atoms with Crippen LogP contribution >= 0.6 is 0 Å². The first kappa shape index (κ1) is 31.2. The van der Waals surface area contributed by atoms with Crippen molar-refractivity contribution in [1.82, 2.24) is 4.90 Å². The van der Waals surface area contributed by atoms with Gasteiger partial charge in [0.05, 0.1) is 0 Å². The molecule has 0 aliphatic rings. The molecule has 198 valence electrons. The Hall–Kier alpha value is -0.820. The number of nitrogens with zero attached hydrogens (tertiary/aromatic N) is 1. The van der Waals surface area contributed by atoms with Crippen LogP contribution in [0.1, 0.15) is 161 Å². The van der Waals surface area contributed by atoms with Crippen LogP contribution in [0.3, 0.4) is 0 Å². The maximum atomic E-state index is 2.73. The summed E-state index contributed by atoms with van der Waals surface area (Å²) >= 11 is 0. The van der Waals surface area contributed by atoms with Gasteiger partial charge in [-0.05, 0) is 31.5 Å². The van der Waals surface area contributed by atoms with Gasteiger partial charge < -0.3 is 0 Å². The van der Waals surface area contributed by atoms with E-state index in [1.807, 2.05) is 0 Å². The molecular weight excluding hydrogens is 410 g/mol. The third kappa shape index (κ3) is 20.5. The molecule has 0 saturated heterocycles. The second kappa shape index (κ2) is 25.3. The highest BCUT2D eigenvalue weighted by molar-refractivity contribution is 5.14. The van der Waals surface area contributed by atoms with E-state index in [0.29, 0.717) is 0 Å². The Bertz CT molecular complexity index is 471. The molecule has 0 unspecified atom stereocenters. The minimum atomic E-state index is 1.14. The molecule has 0 heterocycles. The largest absolute Gasteiger partial charge is 0.299 e. The molecule has 1 rings (SSSR count). The fourth-order valence-electron chi connectivity index (χ4n) is 5.11. The van der Waals surface area contributed by atoms with Crippen LogP contribution in [-0.4, -0.2) is 18.0 Å². The summed E-state index contributed by atoms with van der Waals surface area (Å²) in [4.78, 5) is 2.73. The topological polar surface area (TPSA) is 3.24 Å². The third-order valence-corrected chi connectivity index (χ3v) is 7.40. The first-order valence-corrected chi connectivity index (χ1v) is 15.6. The minimum Gasteiger partial charge on any atom is -0.299 e. The molecule has 0 bridgehead atoms. The Kier molecular flexibility index (Phi) is 23.2. The Morgan fingerprint density at radius 3 is 1.09 bits per heavy atom. The zero-order chi connectivity index (χ0) is 24.4. The molecule has 0 amide bonds. The van der Waals surface area contributed by atoms with E-state index >= 15 is 0 Å². The fourth-order valence-corrected chi connectivity index (χ4v) is 5.11. The lowest BCUT2D eigenvalue weighted by atomic mass is 10.1. The van der Waals surface area contributed by atoms with Crippen molar-refractivity contribution >= 4 is 0 Å². The van der Waals surface area contributed by atoms with Crippen LogP contribution in [0.25, 0.3) is 0 Å². The van der Waals surface area contributed by atoms with E-state index in [1.54, 1.807) is 0 Å². The summed E-state index contributed by atoms with van der Waals surface area (Å²) in [5, 5.41) is 0. The van der Waals surface area contributed by atoms with E-state index < -0.39 is 0 Å². The van der Waals surface area contributed by atoms with Crippen LogP contribution < -0.4 is 0 Å². The summed E-state index contributed by atoms with van der Waals surface area (Å²) in [5.74, 6) is 0. The van der Waals surface area contributed by atoms with Gasteiger partial charge in [0.2, 0.25) is 0 Å². The van der Waals surface area contributed by atoms with E-state index in [-0.39, 0.29) is 0 Å². The molecule has 0 atom stereocenters. The molecule has 34 heavy (non-hydrogen) atoms. The van der Waals surface area contributed by atoms with Gasteiger partial charge in [-0.1, -0.05) is 173 Å². The van der Waals surface area contributed by atoms with Gasteiger partial charge in [0, 0.05) is 6.54 Å². The Labute approximate surface area is 215 Å². The third-order valence-electron chi connectivity index (χ3n) is 7.40. The van der Waals surface area contributed by atoms with Gasteiger partial charge in [0.1, 0.15) is 0 Å². The van der Waals surface area contributed by atoms with Gasteiger partial charge in [-0.2, -0.15) is 0 Å². The molecule has 0 spiro atoms. The van der Waals surface area contributed by atoms with Gasteiger partial charge in [-0.25, -0.2) is 0 Å². The Morgan fingerprint density at radius 2 is 0.735 bits per heavy atom. The first-order valence-electron chi connectivity index (χ1n) is 15.6. The van der Waals surface area contributed by atoms with Crippen molar-refractivity contribution in [2.45, 2.75) is 162 Å². The first-order chi connectivity index (χ1) is 16.9. The molecule has 0 aliphatic heterocycles. The van der Waals surface area contributed by atoms with Gasteiger partial charge in [-0.15, -0.1) is 0 Å². The van der Waals surface area contributed by atoms with E-state index in [4.69, 9.17) is 0 Å². The smallest absolute Gasteiger partial charge is 0.0233 e. The van der Waals surface area contributed by atoms with Crippen molar-refractivity contribution in [3.05, 3.63) is 35.9 Å². The average molecular weight is 472 g/mol. The van der Waals surface area contributed by atoms with Crippen molar-refractivity contribution in [3.8, 4) is 0 Å². The predicted octanol–water partition coefficient (Wildman–Crippen LogP) is 11.1. The molecule has 1 aromatic carbocycles. The Balaban J connectivity index is 2.08. The summed E-state index contributed by atoms with van der Waals surface area (Å²) in [6.07, 6.45) is 31.5. The fraction of sp³-hybridized carbons (Fsp3) is 0.818. The lowest BCUT2D eigenvalue weighted by Gasteiger charge is -2.22. The molecule has 0 fully saturated rings. The number of rotatable bonds is 26. The summed E-state index contributed by atoms with van der Waals surface area (Å²) in [6.45, 7) is 8.31. The zero-order valence-corrected chi connectivity index (χ0v) is 23.5. The predicted molar refractivity (Wildman–Crippen MR) is 155 cm³/mol. The zero-order valence-electron chi connectivity index (χ0n) is 23.5. The molecule has 0 saturated carbocycles. The minimum absolute atomic E-state index is 1.14. The summed E-state index contributed by atoms with van der Waals surface area (Å²) < 4.78 is 0. The van der Waals surface area contributed by atoms with E-state index in [2.05, 4.69) is 49.1 Å².